The molecule has 0 aromatic heterocycles. The quantitative estimate of drug-likeness (QED) is 0.619. The predicted molar refractivity (Wildman–Crippen MR) is 138 cm³/mol. The first-order valence-electron chi connectivity index (χ1n) is 12.0. The van der Waals surface area contributed by atoms with Crippen molar-refractivity contribution >= 4 is 46.4 Å². The molecule has 1 unspecified atom stereocenters. The van der Waals surface area contributed by atoms with E-state index in [0.29, 0.717) is 40.8 Å². The Morgan fingerprint density at radius 3 is 2.57 bits per heavy atom. The summed E-state index contributed by atoms with van der Waals surface area (Å²) in [4.78, 5) is 44.9. The van der Waals surface area contributed by atoms with Crippen LogP contribution in [0.4, 0.5) is 17.1 Å². The van der Waals surface area contributed by atoms with E-state index in [2.05, 4.69) is 10.2 Å². The molecular weight excluding hydrogens is 468 g/mol. The van der Waals surface area contributed by atoms with E-state index in [1.54, 1.807) is 29.2 Å². The summed E-state index contributed by atoms with van der Waals surface area (Å²) < 4.78 is 5.16. The molecule has 2 aliphatic rings. The van der Waals surface area contributed by atoms with Crippen LogP contribution >= 0.6 is 11.6 Å². The molecule has 2 aromatic carbocycles. The fourth-order valence-electron chi connectivity index (χ4n) is 4.84. The molecule has 2 aliphatic heterocycles. The maximum Gasteiger partial charge on any atom is 0.253 e. The highest BCUT2D eigenvalue weighted by Crippen LogP contribution is 2.40. The van der Waals surface area contributed by atoms with Gasteiger partial charge < -0.3 is 19.9 Å². The molecule has 1 atom stereocenters. The zero-order valence-corrected chi connectivity index (χ0v) is 21.1. The first-order chi connectivity index (χ1) is 16.9. The zero-order valence-electron chi connectivity index (χ0n) is 20.3. The first kappa shape index (κ1) is 24.9. The number of benzene rings is 2. The fourth-order valence-corrected chi connectivity index (χ4v) is 5.09. The number of carbonyl (C=O) groups excluding carboxylic acids is 3. The third-order valence-corrected chi connectivity index (χ3v) is 6.96. The molecule has 0 saturated carbocycles. The Morgan fingerprint density at radius 1 is 1.11 bits per heavy atom. The van der Waals surface area contributed by atoms with Crippen LogP contribution in [0.5, 0.6) is 5.75 Å². The Hall–Kier alpha value is -3.26. The molecule has 186 valence electrons. The third kappa shape index (κ3) is 4.93. The van der Waals surface area contributed by atoms with E-state index in [9.17, 15) is 14.4 Å². The van der Waals surface area contributed by atoms with Crippen LogP contribution in [0.2, 0.25) is 5.02 Å². The third-order valence-electron chi connectivity index (χ3n) is 6.66. The van der Waals surface area contributed by atoms with Crippen molar-refractivity contribution < 1.29 is 19.1 Å². The number of amides is 3. The van der Waals surface area contributed by atoms with Crippen LogP contribution in [0.25, 0.3) is 0 Å². The van der Waals surface area contributed by atoms with E-state index in [1.165, 1.54) is 12.0 Å². The number of anilines is 3. The molecule has 1 N–H and O–H groups in total. The van der Waals surface area contributed by atoms with Crippen molar-refractivity contribution in [2.75, 3.05) is 48.4 Å². The number of hydrogen-bond acceptors (Lipinski definition) is 5. The fraction of sp³-hybridized carbons (Fsp3) is 0.423. The van der Waals surface area contributed by atoms with E-state index < -0.39 is 0 Å². The summed E-state index contributed by atoms with van der Waals surface area (Å²) in [6.07, 6.45) is 2.71. The largest absolute Gasteiger partial charge is 0.495 e. The molecule has 0 radical (unpaired) electrons. The molecule has 9 heteroatoms. The van der Waals surface area contributed by atoms with Crippen molar-refractivity contribution in [1.29, 1.82) is 0 Å². The van der Waals surface area contributed by atoms with Gasteiger partial charge in [-0.25, -0.2) is 0 Å². The van der Waals surface area contributed by atoms with Crippen molar-refractivity contribution in [2.45, 2.75) is 39.2 Å². The van der Waals surface area contributed by atoms with Crippen LogP contribution in [0, 0.1) is 0 Å². The van der Waals surface area contributed by atoms with Gasteiger partial charge in [0.05, 0.1) is 23.5 Å². The van der Waals surface area contributed by atoms with Gasteiger partial charge in [-0.3, -0.25) is 19.3 Å². The highest BCUT2D eigenvalue weighted by molar-refractivity contribution is 6.32. The number of methoxy groups -OCH3 is 1. The number of rotatable bonds is 7. The maximum absolute atomic E-state index is 13.5. The molecular formula is C26H31ClN4O4. The molecule has 4 rings (SSSR count). The lowest BCUT2D eigenvalue weighted by Gasteiger charge is -2.45. The molecule has 3 amide bonds. The number of hydrogen-bond donors (Lipinski definition) is 1. The molecule has 35 heavy (non-hydrogen) atoms. The zero-order chi connectivity index (χ0) is 25.1. The molecule has 8 nitrogen and oxygen atoms in total. The summed E-state index contributed by atoms with van der Waals surface area (Å²) in [5.74, 6) is -0.0568. The van der Waals surface area contributed by atoms with Crippen LogP contribution in [0.1, 0.15) is 43.5 Å². The number of halogens is 1. The second-order valence-corrected chi connectivity index (χ2v) is 9.11. The molecule has 0 bridgehead atoms. The average molecular weight is 499 g/mol. The Labute approximate surface area is 210 Å². The second kappa shape index (κ2) is 10.6. The van der Waals surface area contributed by atoms with Crippen LogP contribution in [-0.4, -0.2) is 62.0 Å². The number of carbonyl (C=O) groups is 3. The van der Waals surface area contributed by atoms with E-state index in [1.807, 2.05) is 26.0 Å². The summed E-state index contributed by atoms with van der Waals surface area (Å²) in [6, 6.07) is 10.1. The molecule has 1 saturated heterocycles. The first-order valence-corrected chi connectivity index (χ1v) is 12.4. The SMILES string of the molecule is CCN(CC)C(=O)c1ccc2c(c1)N(CC(=O)Nc1ccc(OC)c(Cl)c1)C(=O)C1CCCCN21. The van der Waals surface area contributed by atoms with Gasteiger partial charge in [-0.15, -0.1) is 0 Å². The highest BCUT2D eigenvalue weighted by atomic mass is 35.5. The van der Waals surface area contributed by atoms with E-state index in [0.717, 1.165) is 31.5 Å². The number of ether oxygens (including phenoxy) is 1. The van der Waals surface area contributed by atoms with E-state index >= 15 is 0 Å². The number of piperidine rings is 1. The Kier molecular flexibility index (Phi) is 7.50. The molecule has 0 aliphatic carbocycles. The summed E-state index contributed by atoms with van der Waals surface area (Å²) >= 11 is 6.19. The smallest absolute Gasteiger partial charge is 0.253 e. The summed E-state index contributed by atoms with van der Waals surface area (Å²) in [6.45, 7) is 5.67. The van der Waals surface area contributed by atoms with Crippen LogP contribution in [-0.2, 0) is 9.59 Å². The highest BCUT2D eigenvalue weighted by Gasteiger charge is 2.40. The number of nitrogens with one attached hydrogen (secondary N) is 1. The van der Waals surface area contributed by atoms with Gasteiger partial charge in [0, 0.05) is 30.9 Å². The minimum Gasteiger partial charge on any atom is -0.495 e. The molecule has 0 spiro atoms. The van der Waals surface area contributed by atoms with Crippen molar-refractivity contribution in [2.24, 2.45) is 0 Å². The van der Waals surface area contributed by atoms with E-state index in [4.69, 9.17) is 16.3 Å². The predicted octanol–water partition coefficient (Wildman–Crippen LogP) is 4.17. The van der Waals surface area contributed by atoms with Crippen LogP contribution in [0.3, 0.4) is 0 Å². The van der Waals surface area contributed by atoms with Crippen molar-refractivity contribution in [1.82, 2.24) is 4.90 Å². The van der Waals surface area contributed by atoms with Gasteiger partial charge in [-0.1, -0.05) is 11.6 Å². The standard InChI is InChI=1S/C26H31ClN4O4/c1-4-29(5-2)25(33)17-9-11-20-22(14-17)31(26(34)21-8-6-7-13-30(20)21)16-24(32)28-18-10-12-23(35-3)19(27)15-18/h9-12,14-15,21H,4-8,13,16H2,1-3H3,(H,28,32). The van der Waals surface area contributed by atoms with E-state index in [-0.39, 0.29) is 30.3 Å². The van der Waals surface area contributed by atoms with Crippen molar-refractivity contribution in [3.8, 4) is 5.75 Å². The topological polar surface area (TPSA) is 82.2 Å². The average Bonchev–Trinajstić information content (AvgIpc) is 2.87. The van der Waals surface area contributed by atoms with Crippen molar-refractivity contribution in [3.05, 3.63) is 47.0 Å². The number of nitrogens with zero attached hydrogens (tertiary/aromatic N) is 3. The monoisotopic (exact) mass is 498 g/mol. The lowest BCUT2D eigenvalue weighted by atomic mass is 9.95. The number of fused-ring (bicyclic) bond motifs is 3. The lowest BCUT2D eigenvalue weighted by molar-refractivity contribution is -0.123. The maximum atomic E-state index is 13.5. The molecule has 2 aromatic rings. The lowest BCUT2D eigenvalue weighted by Crippen LogP contribution is -2.56. The van der Waals surface area contributed by atoms with Crippen LogP contribution in [0.15, 0.2) is 36.4 Å². The molecule has 1 fully saturated rings. The summed E-state index contributed by atoms with van der Waals surface area (Å²) in [7, 11) is 1.52. The Morgan fingerprint density at radius 2 is 1.89 bits per heavy atom. The van der Waals surface area contributed by atoms with Gasteiger partial charge in [0.15, 0.2) is 0 Å². The summed E-state index contributed by atoms with van der Waals surface area (Å²) in [5.41, 5.74) is 2.48. The Bertz CT molecular complexity index is 1130. The minimum atomic E-state index is -0.352. The van der Waals surface area contributed by atoms with Gasteiger partial charge >= 0.3 is 0 Å². The molecule has 2 heterocycles. The van der Waals surface area contributed by atoms with Gasteiger partial charge in [0.2, 0.25) is 11.8 Å². The summed E-state index contributed by atoms with van der Waals surface area (Å²) in [5, 5.41) is 3.19. The van der Waals surface area contributed by atoms with Gasteiger partial charge in [-0.2, -0.15) is 0 Å². The van der Waals surface area contributed by atoms with Gasteiger partial charge in [0.1, 0.15) is 18.3 Å². The Balaban J connectivity index is 1.64. The van der Waals surface area contributed by atoms with Crippen molar-refractivity contribution in [3.63, 3.8) is 0 Å². The van der Waals surface area contributed by atoms with Gasteiger partial charge in [0.25, 0.3) is 5.91 Å². The minimum absolute atomic E-state index is 0.0942. The van der Waals surface area contributed by atoms with Gasteiger partial charge in [-0.05, 0) is 69.5 Å². The van der Waals surface area contributed by atoms with Crippen LogP contribution < -0.4 is 19.9 Å². The second-order valence-electron chi connectivity index (χ2n) is 8.71. The normalized spacial score (nSPS) is 16.9.